The summed E-state index contributed by atoms with van der Waals surface area (Å²) in [6.45, 7) is 4.18. The van der Waals surface area contributed by atoms with Crippen LogP contribution in [0.1, 0.15) is 46.8 Å². The normalized spacial score (nSPS) is 14.2. The van der Waals surface area contributed by atoms with Gasteiger partial charge in [0.05, 0.1) is 0 Å². The number of benzene rings is 4. The van der Waals surface area contributed by atoms with Crippen molar-refractivity contribution in [3.8, 4) is 0 Å². The average molecular weight is 691 g/mol. The first-order valence-corrected chi connectivity index (χ1v) is 18.1. The molecule has 48 heavy (non-hydrogen) atoms. The van der Waals surface area contributed by atoms with Crippen LogP contribution in [0.15, 0.2) is 145 Å². The standard InChI is InChI=1S/C37H36N2O6S2.Na/c1-3-38(36(46(40,41)42)31-16-10-6-11-17-31)33-24-20-29(21-25-33)35(28-14-8-5-9-15-28)30-22-26-34(27-23-30)39(4-2)37(47(43,44)45)32-18-12-7-13-19-32;/h5-27,36-37H,3-4H2,1-2H3,(H-,40,41,42,43,44,45);/q;+1/p-1. The van der Waals surface area contributed by atoms with Crippen molar-refractivity contribution in [3.05, 3.63) is 167 Å². The van der Waals surface area contributed by atoms with Gasteiger partial charge in [-0.05, 0) is 66.0 Å². The topological polar surface area (TPSA) is 121 Å². The Bertz CT molecular complexity index is 2030. The van der Waals surface area contributed by atoms with Gasteiger partial charge >= 0.3 is 29.6 Å². The zero-order valence-corrected chi connectivity index (χ0v) is 30.6. The molecule has 242 valence electrons. The third-order valence-corrected chi connectivity index (χ3v) is 10.1. The number of anilines is 1. The van der Waals surface area contributed by atoms with E-state index in [4.69, 9.17) is 0 Å². The smallest absolute Gasteiger partial charge is 0.746 e. The predicted molar refractivity (Wildman–Crippen MR) is 184 cm³/mol. The summed E-state index contributed by atoms with van der Waals surface area (Å²) in [5, 5.41) is -2.77. The van der Waals surface area contributed by atoms with E-state index in [2.05, 4.69) is 0 Å². The maximum atomic E-state index is 12.5. The van der Waals surface area contributed by atoms with E-state index in [1.807, 2.05) is 54.6 Å². The van der Waals surface area contributed by atoms with Crippen LogP contribution in [0, 0.1) is 0 Å². The van der Waals surface area contributed by atoms with E-state index in [-0.39, 0.29) is 42.6 Å². The minimum Gasteiger partial charge on any atom is -0.746 e. The van der Waals surface area contributed by atoms with Gasteiger partial charge in [-0.2, -0.15) is 0 Å². The van der Waals surface area contributed by atoms with E-state index in [1.165, 1.54) is 0 Å². The van der Waals surface area contributed by atoms with Crippen LogP contribution >= 0.6 is 0 Å². The van der Waals surface area contributed by atoms with Crippen molar-refractivity contribution >= 4 is 37.2 Å². The van der Waals surface area contributed by atoms with Crippen LogP contribution in [-0.2, 0) is 20.2 Å². The maximum Gasteiger partial charge on any atom is 1.00 e. The Morgan fingerprint density at radius 1 is 0.646 bits per heavy atom. The van der Waals surface area contributed by atoms with E-state index in [0.717, 1.165) is 22.3 Å². The minimum absolute atomic E-state index is 0. The van der Waals surface area contributed by atoms with Gasteiger partial charge in [-0.1, -0.05) is 103 Å². The Kier molecular flexibility index (Phi) is 12.6. The molecule has 0 radical (unpaired) electrons. The van der Waals surface area contributed by atoms with Crippen LogP contribution in [-0.4, -0.2) is 49.3 Å². The molecule has 11 heteroatoms. The third-order valence-electron chi connectivity index (χ3n) is 8.00. The zero-order chi connectivity index (χ0) is 33.6. The molecule has 0 heterocycles. The molecule has 8 nitrogen and oxygen atoms in total. The summed E-state index contributed by atoms with van der Waals surface area (Å²) in [5.74, 6) is 0. The van der Waals surface area contributed by atoms with Gasteiger partial charge in [-0.3, -0.25) is 0 Å². The average Bonchev–Trinajstić information content (AvgIpc) is 3.07. The molecule has 1 aliphatic rings. The summed E-state index contributed by atoms with van der Waals surface area (Å²) in [4.78, 5) is 1.57. The summed E-state index contributed by atoms with van der Waals surface area (Å²) in [7, 11) is -9.45. The Morgan fingerprint density at radius 3 is 1.58 bits per heavy atom. The number of rotatable bonds is 11. The summed E-state index contributed by atoms with van der Waals surface area (Å²) < 4.78 is 76.4. The molecule has 0 bridgehead atoms. The van der Waals surface area contributed by atoms with Crippen molar-refractivity contribution in [1.82, 2.24) is 0 Å². The molecule has 5 rings (SSSR count). The Labute approximate surface area is 305 Å². The Balaban J connectivity index is 0.00000520. The second kappa shape index (κ2) is 16.2. The molecule has 0 saturated heterocycles. The summed E-state index contributed by atoms with van der Waals surface area (Å²) in [6.07, 6.45) is 7.39. The van der Waals surface area contributed by atoms with Crippen molar-refractivity contribution in [3.63, 3.8) is 0 Å². The first-order chi connectivity index (χ1) is 22.5. The van der Waals surface area contributed by atoms with Crippen LogP contribution in [0.5, 0.6) is 0 Å². The van der Waals surface area contributed by atoms with E-state index in [0.29, 0.717) is 22.5 Å². The van der Waals surface area contributed by atoms with Gasteiger partial charge in [0.25, 0.3) is 5.37 Å². The molecule has 0 aromatic heterocycles. The number of hydrogen-bond donors (Lipinski definition) is 0. The van der Waals surface area contributed by atoms with Crippen molar-refractivity contribution in [2.45, 2.75) is 24.6 Å². The molecule has 4 aromatic carbocycles. The molecule has 0 aliphatic heterocycles. The summed E-state index contributed by atoms with van der Waals surface area (Å²) in [6, 6.07) is 34.1. The summed E-state index contributed by atoms with van der Waals surface area (Å²) in [5.41, 5.74) is 5.47. The molecular formula is C37H35N2NaO6S2. The molecular weight excluding hydrogens is 656 g/mol. The number of allylic oxidation sites excluding steroid dienone is 5. The maximum absolute atomic E-state index is 12.5. The largest absolute Gasteiger partial charge is 1.00 e. The van der Waals surface area contributed by atoms with Gasteiger partial charge < -0.3 is 14.0 Å². The van der Waals surface area contributed by atoms with Crippen LogP contribution < -0.4 is 34.5 Å². The van der Waals surface area contributed by atoms with Gasteiger partial charge in [0, 0.05) is 29.9 Å². The molecule has 4 aromatic rings. The molecule has 0 N–H and O–H groups in total. The molecule has 1 aliphatic carbocycles. The van der Waals surface area contributed by atoms with E-state index in [1.54, 1.807) is 108 Å². The second-order valence-corrected chi connectivity index (χ2v) is 13.8. The number of nitrogens with zero attached hydrogens (tertiary/aromatic N) is 2. The van der Waals surface area contributed by atoms with Crippen LogP contribution in [0.3, 0.4) is 0 Å². The number of hydrogen-bond acceptors (Lipinski definition) is 7. The third kappa shape index (κ3) is 8.51. The van der Waals surface area contributed by atoms with E-state index in [9.17, 15) is 25.9 Å². The van der Waals surface area contributed by atoms with Gasteiger partial charge in [-0.25, -0.2) is 21.4 Å². The van der Waals surface area contributed by atoms with Crippen LogP contribution in [0.4, 0.5) is 5.69 Å². The predicted octanol–water partition coefficient (Wildman–Crippen LogP) is 3.41. The zero-order valence-electron chi connectivity index (χ0n) is 27.0. The fraction of sp³-hybridized carbons (Fsp3) is 0.162. The fourth-order valence-corrected chi connectivity index (χ4v) is 8.10. The van der Waals surface area contributed by atoms with Crippen LogP contribution in [0.2, 0.25) is 0 Å². The van der Waals surface area contributed by atoms with Gasteiger partial charge in [0.1, 0.15) is 22.0 Å². The molecule has 2 unspecified atom stereocenters. The molecule has 0 amide bonds. The minimum atomic E-state index is -4.73. The summed E-state index contributed by atoms with van der Waals surface area (Å²) >= 11 is 0. The van der Waals surface area contributed by atoms with Crippen molar-refractivity contribution < 1.29 is 60.1 Å². The monoisotopic (exact) mass is 690 g/mol. The first-order valence-electron chi connectivity index (χ1n) is 15.2. The van der Waals surface area contributed by atoms with E-state index >= 15 is 0 Å². The van der Waals surface area contributed by atoms with Gasteiger partial charge in [-0.15, -0.1) is 0 Å². The quantitative estimate of drug-likeness (QED) is 0.134. The van der Waals surface area contributed by atoms with Crippen molar-refractivity contribution in [1.29, 1.82) is 0 Å². The molecule has 0 saturated carbocycles. The van der Waals surface area contributed by atoms with Crippen molar-refractivity contribution in [2.75, 3.05) is 18.0 Å². The molecule has 2 atom stereocenters. The van der Waals surface area contributed by atoms with Crippen molar-refractivity contribution in [2.24, 2.45) is 0 Å². The van der Waals surface area contributed by atoms with Crippen LogP contribution in [0.25, 0.3) is 5.57 Å². The molecule has 0 spiro atoms. The van der Waals surface area contributed by atoms with Gasteiger partial charge in [0.2, 0.25) is 5.71 Å². The van der Waals surface area contributed by atoms with E-state index < -0.39 is 31.0 Å². The van der Waals surface area contributed by atoms with Gasteiger partial charge in [0.15, 0.2) is 10.1 Å². The molecule has 0 fully saturated rings. The Hall–Kier alpha value is -3.61. The Morgan fingerprint density at radius 2 is 1.12 bits per heavy atom. The SMILES string of the molecule is CCN(c1ccc(C(=C2C=CC(=[N+](CC)C(c3ccccc3)S(=O)(=O)[O-])C=C2)c2ccccc2)cc1)C(c1ccccc1)S(=O)(=O)[O-].[Na+]. The fourth-order valence-electron chi connectivity index (χ4n) is 5.95. The first kappa shape index (κ1) is 37.2. The second-order valence-electron chi connectivity index (χ2n) is 10.9.